The number of aromatic nitrogens is 3. The van der Waals surface area contributed by atoms with E-state index in [9.17, 15) is 5.11 Å². The molecule has 0 saturated carbocycles. The zero-order valence-corrected chi connectivity index (χ0v) is 44.4. The summed E-state index contributed by atoms with van der Waals surface area (Å²) in [5, 5.41) is 12.5. The highest BCUT2D eigenvalue weighted by molar-refractivity contribution is 5.97. The Kier molecular flexibility index (Phi) is 13.2. The molecule has 0 aliphatic heterocycles. The Morgan fingerprint density at radius 3 is 1.76 bits per heavy atom. The third-order valence-electron chi connectivity index (χ3n) is 13.7. The monoisotopic (exact) mass is 905 g/mol. The van der Waals surface area contributed by atoms with Crippen molar-refractivity contribution in [3.63, 3.8) is 0 Å². The van der Waals surface area contributed by atoms with Crippen molar-refractivity contribution in [2.24, 2.45) is 5.41 Å². The molecule has 354 valence electrons. The van der Waals surface area contributed by atoms with E-state index in [1.54, 1.807) is 0 Å². The van der Waals surface area contributed by atoms with Gasteiger partial charge in [0.15, 0.2) is 0 Å². The van der Waals surface area contributed by atoms with Gasteiger partial charge in [-0.2, -0.15) is 0 Å². The van der Waals surface area contributed by atoms with E-state index in [2.05, 4.69) is 256 Å². The highest BCUT2D eigenvalue weighted by Crippen LogP contribution is 2.45. The zero-order valence-electron chi connectivity index (χ0n) is 44.4. The van der Waals surface area contributed by atoms with Gasteiger partial charge in [0.25, 0.3) is 0 Å². The molecule has 7 rings (SSSR count). The van der Waals surface area contributed by atoms with E-state index >= 15 is 0 Å². The van der Waals surface area contributed by atoms with Crippen molar-refractivity contribution in [3.05, 3.63) is 167 Å². The molecule has 2 heterocycles. The number of hydrogen-bond donors (Lipinski definition) is 1. The number of imidazole rings is 1. The summed E-state index contributed by atoms with van der Waals surface area (Å²) in [5.74, 6) is 0.984. The van der Waals surface area contributed by atoms with Gasteiger partial charge in [0, 0.05) is 52.6 Å². The lowest BCUT2D eigenvalue weighted by Crippen LogP contribution is -2.18. The first-order chi connectivity index (χ1) is 31.5. The van der Waals surface area contributed by atoms with Crippen LogP contribution >= 0.6 is 0 Å². The molecular weight excluding hydrogens is 829 g/mol. The molecule has 0 unspecified atom stereocenters. The summed E-state index contributed by atoms with van der Waals surface area (Å²) in [6, 6.07) is 41.4. The van der Waals surface area contributed by atoms with Crippen molar-refractivity contribution in [2.75, 3.05) is 11.9 Å². The van der Waals surface area contributed by atoms with Gasteiger partial charge in [-0.3, -0.25) is 9.55 Å². The van der Waals surface area contributed by atoms with Crippen LogP contribution in [0.5, 0.6) is 5.75 Å². The third-order valence-corrected chi connectivity index (χ3v) is 13.7. The lowest BCUT2D eigenvalue weighted by atomic mass is 9.78. The van der Waals surface area contributed by atoms with E-state index in [0.29, 0.717) is 5.82 Å². The Balaban J connectivity index is 1.48. The van der Waals surface area contributed by atoms with Crippen LogP contribution in [0.1, 0.15) is 146 Å². The van der Waals surface area contributed by atoms with Gasteiger partial charge in [-0.15, -0.1) is 0 Å². The molecule has 68 heavy (non-hydrogen) atoms. The van der Waals surface area contributed by atoms with Gasteiger partial charge in [0.2, 0.25) is 0 Å². The molecule has 0 saturated heterocycles. The summed E-state index contributed by atoms with van der Waals surface area (Å²) < 4.78 is 2.29. The molecule has 0 amide bonds. The third kappa shape index (κ3) is 10.3. The average Bonchev–Trinajstić information content (AvgIpc) is 3.66. The van der Waals surface area contributed by atoms with Crippen LogP contribution in [0, 0.1) is 5.41 Å². The van der Waals surface area contributed by atoms with Gasteiger partial charge < -0.3 is 10.0 Å². The van der Waals surface area contributed by atoms with Crippen LogP contribution in [-0.4, -0.2) is 26.7 Å². The SMILES string of the molecule is C/C(=C(\C=C(/C)C(C)(C)C)c1ccnc(-c2cccc(-c3cccc4c3nc(-c3cc(C(C)(C)C)cc(C(C)(C)C)c3O)n4-c3cc(C(C)(C)C)cc(C(C)(C)C)c3)c2)c1)N(C)c1ccccc1. The molecule has 2 aromatic heterocycles. The minimum Gasteiger partial charge on any atom is -0.507 e. The number of benzene rings is 5. The van der Waals surface area contributed by atoms with Crippen molar-refractivity contribution in [3.8, 4) is 45.2 Å². The molecular formula is C63H76N4O. The Morgan fingerprint density at radius 2 is 1.18 bits per heavy atom. The van der Waals surface area contributed by atoms with Crippen molar-refractivity contribution < 1.29 is 5.11 Å². The fourth-order valence-electron chi connectivity index (χ4n) is 8.65. The average molecular weight is 905 g/mol. The van der Waals surface area contributed by atoms with Crippen molar-refractivity contribution in [1.29, 1.82) is 0 Å². The second-order valence-corrected chi connectivity index (χ2v) is 24.1. The van der Waals surface area contributed by atoms with E-state index < -0.39 is 0 Å². The largest absolute Gasteiger partial charge is 0.507 e. The maximum atomic E-state index is 12.5. The highest BCUT2D eigenvalue weighted by atomic mass is 16.3. The summed E-state index contributed by atoms with van der Waals surface area (Å²) in [5.41, 5.74) is 17.3. The fourth-order valence-corrected chi connectivity index (χ4v) is 8.65. The minimum atomic E-state index is -0.311. The Morgan fingerprint density at radius 1 is 0.588 bits per heavy atom. The predicted molar refractivity (Wildman–Crippen MR) is 292 cm³/mol. The second-order valence-electron chi connectivity index (χ2n) is 24.1. The molecule has 5 aromatic carbocycles. The van der Waals surface area contributed by atoms with Gasteiger partial charge in [0.1, 0.15) is 11.6 Å². The first kappa shape index (κ1) is 49.7. The molecule has 5 heteroatoms. The maximum absolute atomic E-state index is 12.5. The van der Waals surface area contributed by atoms with Gasteiger partial charge in [-0.25, -0.2) is 4.98 Å². The first-order valence-electron chi connectivity index (χ1n) is 24.4. The van der Waals surface area contributed by atoms with E-state index in [0.717, 1.165) is 78.3 Å². The molecule has 0 spiro atoms. The Labute approximate surface area is 408 Å². The number of para-hydroxylation sites is 2. The molecule has 0 bridgehead atoms. The number of hydrogen-bond acceptors (Lipinski definition) is 4. The molecule has 0 radical (unpaired) electrons. The van der Waals surface area contributed by atoms with Crippen LogP contribution in [0.25, 0.3) is 56.1 Å². The van der Waals surface area contributed by atoms with Crippen molar-refractivity contribution in [1.82, 2.24) is 14.5 Å². The normalized spacial score (nSPS) is 13.5. The Bertz CT molecular complexity index is 3020. The zero-order chi connectivity index (χ0) is 49.9. The second kappa shape index (κ2) is 18.0. The number of fused-ring (bicyclic) bond motifs is 1. The van der Waals surface area contributed by atoms with Crippen LogP contribution < -0.4 is 4.90 Å². The molecule has 7 aromatic rings. The maximum Gasteiger partial charge on any atom is 0.149 e. The number of rotatable bonds is 8. The number of phenols is 1. The first-order valence-corrected chi connectivity index (χ1v) is 24.4. The quantitative estimate of drug-likeness (QED) is 0.154. The van der Waals surface area contributed by atoms with Crippen LogP contribution in [0.3, 0.4) is 0 Å². The van der Waals surface area contributed by atoms with E-state index in [1.807, 2.05) is 6.20 Å². The smallest absolute Gasteiger partial charge is 0.149 e. The molecule has 5 nitrogen and oxygen atoms in total. The van der Waals surface area contributed by atoms with E-state index in [1.165, 1.54) is 16.7 Å². The highest BCUT2D eigenvalue weighted by Gasteiger charge is 2.30. The van der Waals surface area contributed by atoms with Crippen LogP contribution in [0.2, 0.25) is 0 Å². The van der Waals surface area contributed by atoms with Crippen LogP contribution in [0.15, 0.2) is 139 Å². The minimum absolute atomic E-state index is 0.00218. The molecule has 0 aliphatic rings. The number of aromatic hydroxyl groups is 1. The molecule has 0 aliphatic carbocycles. The summed E-state index contributed by atoms with van der Waals surface area (Å²) in [6.07, 6.45) is 4.28. The fraction of sp³-hybridized carbons (Fsp3) is 0.365. The summed E-state index contributed by atoms with van der Waals surface area (Å²) in [6.45, 7) is 38.1. The van der Waals surface area contributed by atoms with Gasteiger partial charge in [-0.05, 0) is 123 Å². The van der Waals surface area contributed by atoms with E-state index in [-0.39, 0.29) is 32.8 Å². The van der Waals surface area contributed by atoms with Gasteiger partial charge >= 0.3 is 0 Å². The van der Waals surface area contributed by atoms with Crippen LogP contribution in [0.4, 0.5) is 5.69 Å². The van der Waals surface area contributed by atoms with Gasteiger partial charge in [-0.1, -0.05) is 176 Å². The summed E-state index contributed by atoms with van der Waals surface area (Å²) in [4.78, 5) is 12.9. The summed E-state index contributed by atoms with van der Waals surface area (Å²) >= 11 is 0. The number of pyridine rings is 1. The lowest BCUT2D eigenvalue weighted by Gasteiger charge is -2.28. The molecule has 1 N–H and O–H groups in total. The Hall–Kier alpha value is -6.20. The standard InChI is InChI=1S/C63H76N4O/c1-40(59(3,4)5)32-51(41(2)66(18)48-26-20-19-21-27-48)43-30-31-64-54(34-43)44-25-22-24-42(33-44)50-28-23-29-55-56(50)65-58(52-38-47(62(12,13)14)39-53(57(52)68)63(15,16)17)67(55)49-36-45(60(6,7)8)35-46(37-49)61(9,10)11/h19-39,68H,1-18H3/b40-32+,51-41-. The van der Waals surface area contributed by atoms with Crippen molar-refractivity contribution >= 4 is 22.3 Å². The number of anilines is 1. The van der Waals surface area contributed by atoms with E-state index in [4.69, 9.17) is 9.97 Å². The van der Waals surface area contributed by atoms with Crippen LogP contribution in [-0.2, 0) is 21.7 Å². The van der Waals surface area contributed by atoms with Crippen molar-refractivity contribution in [2.45, 2.75) is 139 Å². The number of allylic oxidation sites excluding steroid dienone is 4. The number of nitrogens with zero attached hydrogens (tertiary/aromatic N) is 4. The lowest BCUT2D eigenvalue weighted by molar-refractivity contribution is 0.446. The summed E-state index contributed by atoms with van der Waals surface area (Å²) in [7, 11) is 2.14. The topological polar surface area (TPSA) is 54.2 Å². The molecule has 0 atom stereocenters. The number of phenolic OH excluding ortho intramolecular Hbond substituents is 1. The van der Waals surface area contributed by atoms with Gasteiger partial charge in [0.05, 0.1) is 22.3 Å². The molecule has 0 fully saturated rings. The predicted octanol–water partition coefficient (Wildman–Crippen LogP) is 17.2.